The van der Waals surface area contributed by atoms with Crippen LogP contribution in [0.3, 0.4) is 0 Å². The summed E-state index contributed by atoms with van der Waals surface area (Å²) in [7, 11) is -4.04. The monoisotopic (exact) mass is 442 g/mol. The van der Waals surface area contributed by atoms with E-state index in [0.717, 1.165) is 0 Å². The first-order chi connectivity index (χ1) is 14.7. The minimum atomic E-state index is -4.04. The molecule has 0 spiro atoms. The Morgan fingerprint density at radius 3 is 2.03 bits per heavy atom. The average Bonchev–Trinajstić information content (AvgIpc) is 2.74. The average molecular weight is 442 g/mol. The van der Waals surface area contributed by atoms with Gasteiger partial charge in [-0.05, 0) is 54.6 Å². The van der Waals surface area contributed by atoms with Crippen molar-refractivity contribution in [2.45, 2.75) is 4.90 Å². The highest BCUT2D eigenvalue weighted by Gasteiger charge is 2.17. The van der Waals surface area contributed by atoms with Gasteiger partial charge in [0.2, 0.25) is 0 Å². The predicted octanol–water partition coefficient (Wildman–Crippen LogP) is 3.24. The molecule has 0 heterocycles. The van der Waals surface area contributed by atoms with Gasteiger partial charge >= 0.3 is 11.7 Å². The molecule has 11 heteroatoms. The Labute approximate surface area is 176 Å². The maximum Gasteiger partial charge on any atom is 0.335 e. The molecule has 3 aromatic carbocycles. The lowest BCUT2D eigenvalue weighted by atomic mass is 10.2. The predicted molar refractivity (Wildman–Crippen MR) is 110 cm³/mol. The largest absolute Gasteiger partial charge is 0.478 e. The number of carbonyl (C=O) groups is 2. The zero-order valence-corrected chi connectivity index (χ0v) is 16.5. The normalized spacial score (nSPS) is 10.8. The molecule has 0 saturated heterocycles. The summed E-state index contributed by atoms with van der Waals surface area (Å²) in [6.45, 7) is 0. The van der Waals surface area contributed by atoms with Crippen LogP contribution in [0.1, 0.15) is 20.7 Å². The quantitative estimate of drug-likeness (QED) is 0.410. The molecule has 0 aliphatic heterocycles. The van der Waals surface area contributed by atoms with Gasteiger partial charge in [0, 0.05) is 29.1 Å². The van der Waals surface area contributed by atoms with E-state index in [1.807, 2.05) is 0 Å². The van der Waals surface area contributed by atoms with Gasteiger partial charge in [-0.15, -0.1) is 0 Å². The van der Waals surface area contributed by atoms with Crippen molar-refractivity contribution in [1.29, 1.82) is 0 Å². The van der Waals surface area contributed by atoms with Crippen molar-refractivity contribution in [3.05, 3.63) is 88.8 Å². The molecule has 0 atom stereocenters. The van der Waals surface area contributed by atoms with Crippen LogP contribution in [-0.4, -0.2) is 35.5 Å². The Kier molecular flexibility index (Phi) is 5.97. The summed E-state index contributed by atoms with van der Waals surface area (Å²) in [5.74, 6) is -1.72. The van der Waals surface area contributed by atoms with Crippen LogP contribution in [-0.2, 0) is 10.0 Å². The Morgan fingerprint density at radius 2 is 1.45 bits per heavy atom. The maximum atomic E-state index is 12.6. The summed E-state index contributed by atoms with van der Waals surface area (Å²) in [5.41, 5.74) is 0.558. The van der Waals surface area contributed by atoms with Gasteiger partial charge in [-0.25, -0.2) is 18.4 Å². The summed E-state index contributed by atoms with van der Waals surface area (Å²) >= 11 is 0. The fraction of sp³-hybridized carbons (Fsp3) is 0. The van der Waals surface area contributed by atoms with Gasteiger partial charge in [-0.3, -0.25) is 9.52 Å². The number of sulfonamides is 1. The van der Waals surface area contributed by atoms with Crippen LogP contribution in [0.25, 0.3) is 0 Å². The molecular weight excluding hydrogens is 426 g/mol. The molecule has 0 bridgehead atoms. The molecule has 3 aromatic rings. The highest BCUT2D eigenvalue weighted by atomic mass is 32.2. The van der Waals surface area contributed by atoms with Gasteiger partial charge in [0.25, 0.3) is 20.9 Å². The highest BCUT2D eigenvalue weighted by molar-refractivity contribution is 7.92. The van der Waals surface area contributed by atoms with Crippen molar-refractivity contribution in [2.75, 3.05) is 10.0 Å². The molecule has 0 radical (unpaired) electrons. The topological polar surface area (TPSA) is 153 Å². The molecular formula is C20H16N3O7S+. The molecule has 3 rings (SSSR count). The van der Waals surface area contributed by atoms with E-state index in [2.05, 4.69) is 10.0 Å². The third-order valence-electron chi connectivity index (χ3n) is 4.14. The summed E-state index contributed by atoms with van der Waals surface area (Å²) in [4.78, 5) is 33.7. The number of rotatable bonds is 7. The Hall–Kier alpha value is -4.25. The van der Waals surface area contributed by atoms with E-state index in [-0.39, 0.29) is 32.3 Å². The third-order valence-corrected chi connectivity index (χ3v) is 5.52. The molecule has 31 heavy (non-hydrogen) atoms. The second kappa shape index (κ2) is 8.63. The molecule has 0 aliphatic rings. The minimum Gasteiger partial charge on any atom is -0.478 e. The summed E-state index contributed by atoms with van der Waals surface area (Å²) in [6.07, 6.45) is 0. The number of aromatic carboxylic acids is 1. The highest BCUT2D eigenvalue weighted by Crippen LogP contribution is 2.20. The van der Waals surface area contributed by atoms with Gasteiger partial charge in [0.15, 0.2) is 0 Å². The number of hydrogen-bond donors (Lipinski definition) is 4. The standard InChI is InChI=1S/C20H15N3O7S/c24-19(21-15-8-10-17(11-9-15)23(27)28)14-2-1-3-18(12-14)31(29,30)22-16-6-4-13(5-7-16)20(25)26/h1-12,22H,(H2-,21,24,25,26,27,28)/p+1. The van der Waals surface area contributed by atoms with Gasteiger partial charge in [-0.2, -0.15) is 0 Å². The summed E-state index contributed by atoms with van der Waals surface area (Å²) < 4.78 is 27.6. The molecule has 0 fully saturated rings. The zero-order valence-electron chi connectivity index (χ0n) is 15.7. The molecule has 10 nitrogen and oxygen atoms in total. The summed E-state index contributed by atoms with van der Waals surface area (Å²) in [5, 5.41) is 20.3. The Balaban J connectivity index is 1.77. The van der Waals surface area contributed by atoms with Crippen molar-refractivity contribution in [2.24, 2.45) is 0 Å². The second-order valence-electron chi connectivity index (χ2n) is 6.29. The van der Waals surface area contributed by atoms with Crippen LogP contribution in [0.4, 0.5) is 17.1 Å². The third kappa shape index (κ3) is 5.22. The van der Waals surface area contributed by atoms with Crippen LogP contribution in [0.2, 0.25) is 0 Å². The summed E-state index contributed by atoms with van der Waals surface area (Å²) in [6, 6.07) is 15.9. The number of carbonyl (C=O) groups excluding carboxylic acids is 1. The number of amides is 1. The Morgan fingerprint density at radius 1 is 0.839 bits per heavy atom. The lowest BCUT2D eigenvalue weighted by molar-refractivity contribution is -0.729. The molecule has 158 valence electrons. The molecule has 0 aromatic heterocycles. The van der Waals surface area contributed by atoms with E-state index < -0.39 is 21.9 Å². The lowest BCUT2D eigenvalue weighted by Gasteiger charge is -2.10. The maximum absolute atomic E-state index is 12.6. The molecule has 0 unspecified atom stereocenters. The second-order valence-corrected chi connectivity index (χ2v) is 7.97. The van der Waals surface area contributed by atoms with Crippen molar-refractivity contribution in [3.63, 3.8) is 0 Å². The van der Waals surface area contributed by atoms with Crippen molar-refractivity contribution in [1.82, 2.24) is 0 Å². The van der Waals surface area contributed by atoms with Crippen LogP contribution in [0.15, 0.2) is 77.7 Å². The van der Waals surface area contributed by atoms with Gasteiger partial charge in [-0.1, -0.05) is 6.07 Å². The zero-order chi connectivity index (χ0) is 22.6. The molecule has 1 amide bonds. The number of benzene rings is 3. The Bertz CT molecular complexity index is 1250. The van der Waals surface area contributed by atoms with Gasteiger partial charge < -0.3 is 10.4 Å². The van der Waals surface area contributed by atoms with Crippen LogP contribution in [0, 0.1) is 4.91 Å². The molecule has 0 aliphatic carbocycles. The first kappa shape index (κ1) is 21.5. The van der Waals surface area contributed by atoms with E-state index in [4.69, 9.17) is 10.3 Å². The van der Waals surface area contributed by atoms with Crippen molar-refractivity contribution >= 4 is 39.0 Å². The van der Waals surface area contributed by atoms with E-state index in [9.17, 15) is 22.9 Å². The fourth-order valence-electron chi connectivity index (χ4n) is 2.57. The van der Waals surface area contributed by atoms with Crippen LogP contribution < -0.4 is 10.0 Å². The number of carboxylic acid groups (broad SMARTS) is 1. The number of anilines is 2. The number of carboxylic acids is 1. The smallest absolute Gasteiger partial charge is 0.335 e. The molecule has 4 N–H and O–H groups in total. The minimum absolute atomic E-state index is 0.0107. The lowest BCUT2D eigenvalue weighted by Crippen LogP contribution is -2.16. The van der Waals surface area contributed by atoms with E-state index in [1.165, 1.54) is 72.8 Å². The van der Waals surface area contributed by atoms with Crippen molar-refractivity contribution in [3.8, 4) is 0 Å². The van der Waals surface area contributed by atoms with Crippen molar-refractivity contribution < 1.29 is 33.2 Å². The van der Waals surface area contributed by atoms with Gasteiger partial charge in [0.05, 0.1) is 15.4 Å². The van der Waals surface area contributed by atoms with Crippen LogP contribution >= 0.6 is 0 Å². The molecule has 0 saturated carbocycles. The van der Waals surface area contributed by atoms with Gasteiger partial charge in [0.1, 0.15) is 0 Å². The SMILES string of the molecule is O=C(O)c1ccc(NS(=O)(=O)c2cccc(C(=O)Nc3ccc([N+](=O)O)cc3)c2)cc1. The van der Waals surface area contributed by atoms with E-state index in [0.29, 0.717) is 5.69 Å². The first-order valence-corrected chi connectivity index (χ1v) is 10.2. The van der Waals surface area contributed by atoms with E-state index >= 15 is 0 Å². The first-order valence-electron chi connectivity index (χ1n) is 8.69. The van der Waals surface area contributed by atoms with Crippen LogP contribution in [0.5, 0.6) is 0 Å². The number of nitrogens with one attached hydrogen (secondary N) is 2. The van der Waals surface area contributed by atoms with E-state index in [1.54, 1.807) is 0 Å². The number of nitrogens with zero attached hydrogens (tertiary/aromatic N) is 1. The number of hydrogen-bond acceptors (Lipinski definition) is 5. The fourth-order valence-corrected chi connectivity index (χ4v) is 3.68.